The largest absolute Gasteiger partial charge is 0.393 e. The summed E-state index contributed by atoms with van der Waals surface area (Å²) in [6.07, 6.45) is 9.77. The van der Waals surface area contributed by atoms with Crippen molar-refractivity contribution in [2.24, 2.45) is 0 Å². The molecule has 0 unspecified atom stereocenters. The van der Waals surface area contributed by atoms with Crippen molar-refractivity contribution in [1.82, 2.24) is 14.9 Å². The Morgan fingerprint density at radius 2 is 1.76 bits per heavy atom. The number of nitrogens with zero attached hydrogens (tertiary/aromatic N) is 4. The topological polar surface area (TPSA) is 93.6 Å². The van der Waals surface area contributed by atoms with Crippen molar-refractivity contribution >= 4 is 28.7 Å². The van der Waals surface area contributed by atoms with Crippen LogP contribution >= 0.6 is 0 Å². The van der Waals surface area contributed by atoms with Crippen molar-refractivity contribution in [3.63, 3.8) is 0 Å². The fourth-order valence-electron chi connectivity index (χ4n) is 5.44. The number of carbonyl (C=O) groups excluding carboxylic acids is 1. The molecule has 1 aromatic carbocycles. The number of aliphatic hydroxyl groups excluding tert-OH is 1. The lowest BCUT2D eigenvalue weighted by Crippen LogP contribution is -2.36. The van der Waals surface area contributed by atoms with E-state index in [9.17, 15) is 14.3 Å². The maximum atomic E-state index is 14.9. The van der Waals surface area contributed by atoms with Gasteiger partial charge in [0, 0.05) is 67.5 Å². The molecule has 2 aliphatic heterocycles. The molecular weight excluding hydrogens is 531 g/mol. The maximum absolute atomic E-state index is 14.9. The van der Waals surface area contributed by atoms with E-state index in [-0.39, 0.29) is 23.2 Å². The molecule has 3 aromatic rings. The van der Waals surface area contributed by atoms with Crippen LogP contribution in [0.2, 0.25) is 0 Å². The van der Waals surface area contributed by atoms with Gasteiger partial charge in [0.25, 0.3) is 5.91 Å². The smallest absolute Gasteiger partial charge is 0.255 e. The van der Waals surface area contributed by atoms with Crippen LogP contribution in [0.1, 0.15) is 57.1 Å². The van der Waals surface area contributed by atoms with Crippen LogP contribution in [-0.2, 0) is 11.3 Å². The molecule has 0 saturated carbocycles. The second-order valence-corrected chi connectivity index (χ2v) is 10.6. The number of anilines is 3. The van der Waals surface area contributed by atoms with Gasteiger partial charge in [-0.05, 0) is 68.1 Å². The molecule has 5 rings (SSSR count). The number of piperidine rings is 2. The molecule has 9 heteroatoms. The number of aliphatic hydroxyl groups is 1. The molecule has 8 nitrogen and oxygen atoms in total. The molecule has 42 heavy (non-hydrogen) atoms. The highest BCUT2D eigenvalue weighted by atomic mass is 19.1. The molecular formula is C33H43FN6O2. The summed E-state index contributed by atoms with van der Waals surface area (Å²) in [4.78, 5) is 26.2. The van der Waals surface area contributed by atoms with E-state index in [0.717, 1.165) is 42.0 Å². The van der Waals surface area contributed by atoms with Gasteiger partial charge in [-0.2, -0.15) is 0 Å². The van der Waals surface area contributed by atoms with Gasteiger partial charge in [0.15, 0.2) is 11.6 Å². The van der Waals surface area contributed by atoms with E-state index in [1.54, 1.807) is 7.05 Å². The highest BCUT2D eigenvalue weighted by Crippen LogP contribution is 2.31. The Bertz CT molecular complexity index is 1370. The monoisotopic (exact) mass is 574 g/mol. The van der Waals surface area contributed by atoms with Crippen LogP contribution in [0.3, 0.4) is 0 Å². The number of likely N-dealkylation sites (tertiary alicyclic amines) is 1. The van der Waals surface area contributed by atoms with Crippen molar-refractivity contribution in [2.45, 2.75) is 58.6 Å². The summed E-state index contributed by atoms with van der Waals surface area (Å²) in [5, 5.41) is 15.6. The van der Waals surface area contributed by atoms with Gasteiger partial charge in [-0.1, -0.05) is 32.9 Å². The quantitative estimate of drug-likeness (QED) is 0.286. The summed E-state index contributed by atoms with van der Waals surface area (Å²) >= 11 is 0. The van der Waals surface area contributed by atoms with E-state index < -0.39 is 11.7 Å². The molecule has 4 heterocycles. The van der Waals surface area contributed by atoms with Crippen LogP contribution in [-0.4, -0.2) is 65.2 Å². The van der Waals surface area contributed by atoms with Gasteiger partial charge in [-0.25, -0.2) is 9.37 Å². The minimum atomic E-state index is -0.519. The minimum absolute atomic E-state index is 0.227. The van der Waals surface area contributed by atoms with Crippen molar-refractivity contribution in [3.05, 3.63) is 72.4 Å². The van der Waals surface area contributed by atoms with E-state index in [1.165, 1.54) is 31.5 Å². The molecule has 0 aliphatic carbocycles. The standard InChI is InChI=1S/C31H37FN6O2.C2H6/c1-21(31(40)36-25-16-28(32)30(35-19-25)38-12-8-26(39)9-13-38)27-15-23(6-7-29(27)33-2)24-14-22(17-34-18-24)20-37-10-4-3-5-11-37;1-2/h6-7,14-19,26,33,39H,1,3-5,8-13,20H2,2H3,(H,36,40);1-2H3. The average molecular weight is 575 g/mol. The van der Waals surface area contributed by atoms with E-state index in [0.29, 0.717) is 31.5 Å². The zero-order valence-corrected chi connectivity index (χ0v) is 25.0. The molecule has 2 fully saturated rings. The Hall–Kier alpha value is -3.82. The molecule has 2 saturated heterocycles. The highest BCUT2D eigenvalue weighted by molar-refractivity contribution is 6.25. The van der Waals surface area contributed by atoms with Gasteiger partial charge in [-0.15, -0.1) is 0 Å². The first-order valence-corrected chi connectivity index (χ1v) is 15.0. The first-order chi connectivity index (χ1) is 20.4. The number of halogens is 1. The molecule has 3 N–H and O–H groups in total. The third-order valence-corrected chi connectivity index (χ3v) is 7.71. The van der Waals surface area contributed by atoms with E-state index in [1.807, 2.05) is 49.3 Å². The van der Waals surface area contributed by atoms with E-state index >= 15 is 0 Å². The number of aromatic nitrogens is 2. The second kappa shape index (κ2) is 14.9. The number of carbonyl (C=O) groups is 1. The lowest BCUT2D eigenvalue weighted by atomic mass is 9.97. The average Bonchev–Trinajstić information content (AvgIpc) is 3.02. The van der Waals surface area contributed by atoms with Gasteiger partial charge < -0.3 is 20.6 Å². The highest BCUT2D eigenvalue weighted by Gasteiger charge is 2.22. The lowest BCUT2D eigenvalue weighted by Gasteiger charge is -2.30. The van der Waals surface area contributed by atoms with Gasteiger partial charge in [-0.3, -0.25) is 14.7 Å². The van der Waals surface area contributed by atoms with Gasteiger partial charge in [0.1, 0.15) is 0 Å². The molecule has 0 spiro atoms. The number of amides is 1. The van der Waals surface area contributed by atoms with Crippen LogP contribution < -0.4 is 15.5 Å². The van der Waals surface area contributed by atoms with Crippen molar-refractivity contribution in [2.75, 3.05) is 48.8 Å². The molecule has 0 radical (unpaired) electrons. The fraction of sp³-hybridized carbons (Fsp3) is 0.424. The lowest BCUT2D eigenvalue weighted by molar-refractivity contribution is -0.111. The van der Waals surface area contributed by atoms with Crippen LogP contribution in [0.15, 0.2) is 55.5 Å². The van der Waals surface area contributed by atoms with E-state index in [2.05, 4.69) is 38.1 Å². The molecule has 0 bridgehead atoms. The predicted molar refractivity (Wildman–Crippen MR) is 169 cm³/mol. The Morgan fingerprint density at radius 3 is 2.45 bits per heavy atom. The van der Waals surface area contributed by atoms with Crippen molar-refractivity contribution in [1.29, 1.82) is 0 Å². The van der Waals surface area contributed by atoms with Gasteiger partial charge in [0.2, 0.25) is 0 Å². The zero-order chi connectivity index (χ0) is 30.1. The van der Waals surface area contributed by atoms with E-state index in [4.69, 9.17) is 0 Å². The SMILES string of the molecule is C=C(C(=O)Nc1cnc(N2CCC(O)CC2)c(F)c1)c1cc(-c2cncc(CN3CCCCC3)c2)ccc1NC.CC. The number of hydrogen-bond donors (Lipinski definition) is 3. The normalized spacial score (nSPS) is 15.9. The Labute approximate surface area is 248 Å². The third-order valence-electron chi connectivity index (χ3n) is 7.71. The summed E-state index contributed by atoms with van der Waals surface area (Å²) < 4.78 is 14.9. The molecule has 224 valence electrons. The third kappa shape index (κ3) is 7.72. The maximum Gasteiger partial charge on any atom is 0.255 e. The summed E-state index contributed by atoms with van der Waals surface area (Å²) in [5.74, 6) is -0.736. The number of benzene rings is 1. The first kappa shape index (κ1) is 31.1. The number of nitrogens with one attached hydrogen (secondary N) is 2. The van der Waals surface area contributed by atoms with Crippen molar-refractivity contribution < 1.29 is 14.3 Å². The summed E-state index contributed by atoms with van der Waals surface area (Å²) in [6, 6.07) is 9.28. The minimum Gasteiger partial charge on any atom is -0.393 e. The predicted octanol–water partition coefficient (Wildman–Crippen LogP) is 5.95. The Kier molecular flexibility index (Phi) is 11.0. The van der Waals surface area contributed by atoms with Crippen LogP contribution in [0.4, 0.5) is 21.6 Å². The summed E-state index contributed by atoms with van der Waals surface area (Å²) in [7, 11) is 1.79. The fourth-order valence-corrected chi connectivity index (χ4v) is 5.44. The van der Waals surface area contributed by atoms with Crippen LogP contribution in [0.25, 0.3) is 16.7 Å². The molecule has 1 amide bonds. The van der Waals surface area contributed by atoms with Gasteiger partial charge in [0.05, 0.1) is 18.0 Å². The Balaban J connectivity index is 0.00000198. The summed E-state index contributed by atoms with van der Waals surface area (Å²) in [5.41, 5.74) is 4.97. The number of pyridine rings is 2. The Morgan fingerprint density at radius 1 is 1.02 bits per heavy atom. The summed E-state index contributed by atoms with van der Waals surface area (Å²) in [6.45, 7) is 12.2. The number of rotatable bonds is 8. The van der Waals surface area contributed by atoms with Crippen molar-refractivity contribution in [3.8, 4) is 11.1 Å². The van der Waals surface area contributed by atoms with Crippen LogP contribution in [0, 0.1) is 5.82 Å². The van der Waals surface area contributed by atoms with Gasteiger partial charge >= 0.3 is 0 Å². The molecule has 0 atom stereocenters. The van der Waals surface area contributed by atoms with Crippen LogP contribution in [0.5, 0.6) is 0 Å². The first-order valence-electron chi connectivity index (χ1n) is 15.0. The zero-order valence-electron chi connectivity index (χ0n) is 25.0. The molecule has 2 aliphatic rings. The molecule has 2 aromatic heterocycles. The number of hydrogen-bond acceptors (Lipinski definition) is 7. The second-order valence-electron chi connectivity index (χ2n) is 10.6.